The van der Waals surface area contributed by atoms with Crippen LogP contribution in [0.2, 0.25) is 0 Å². The summed E-state index contributed by atoms with van der Waals surface area (Å²) < 4.78 is 1.69. The zero-order chi connectivity index (χ0) is 16.7. The lowest BCUT2D eigenvalue weighted by molar-refractivity contribution is -0.121. The molecule has 1 amide bonds. The van der Waals surface area contributed by atoms with Crippen LogP contribution in [-0.4, -0.2) is 27.2 Å². The van der Waals surface area contributed by atoms with Crippen molar-refractivity contribution in [2.75, 3.05) is 6.54 Å². The van der Waals surface area contributed by atoms with Gasteiger partial charge in [0.1, 0.15) is 12.4 Å². The SMILES string of the molecule is CCCCCCNC(=O)Cn1nc(C)nc1-c1ccccc1C. The van der Waals surface area contributed by atoms with E-state index in [4.69, 9.17) is 0 Å². The van der Waals surface area contributed by atoms with Crippen LogP contribution >= 0.6 is 0 Å². The van der Waals surface area contributed by atoms with E-state index >= 15 is 0 Å². The first kappa shape index (κ1) is 17.2. The molecule has 0 aliphatic rings. The Balaban J connectivity index is 2.01. The van der Waals surface area contributed by atoms with Gasteiger partial charge in [0.05, 0.1) is 0 Å². The Morgan fingerprint density at radius 1 is 1.17 bits per heavy atom. The van der Waals surface area contributed by atoms with E-state index in [0.29, 0.717) is 5.82 Å². The summed E-state index contributed by atoms with van der Waals surface area (Å²) in [5.74, 6) is 1.42. The molecule has 2 rings (SSSR count). The van der Waals surface area contributed by atoms with Crippen molar-refractivity contribution in [2.24, 2.45) is 0 Å². The molecular weight excluding hydrogens is 288 g/mol. The summed E-state index contributed by atoms with van der Waals surface area (Å²) in [6.45, 7) is 7.00. The number of nitrogens with zero attached hydrogens (tertiary/aromatic N) is 3. The van der Waals surface area contributed by atoms with Gasteiger partial charge in [0, 0.05) is 12.1 Å². The topological polar surface area (TPSA) is 59.8 Å². The van der Waals surface area contributed by atoms with Crippen LogP contribution in [0.25, 0.3) is 11.4 Å². The molecule has 1 aromatic carbocycles. The molecule has 0 aliphatic heterocycles. The number of unbranched alkanes of at least 4 members (excludes halogenated alkanes) is 3. The van der Waals surface area contributed by atoms with E-state index in [9.17, 15) is 4.79 Å². The number of amides is 1. The smallest absolute Gasteiger partial charge is 0.241 e. The molecule has 2 aromatic rings. The highest BCUT2D eigenvalue weighted by atomic mass is 16.2. The fourth-order valence-corrected chi connectivity index (χ4v) is 2.56. The highest BCUT2D eigenvalue weighted by molar-refractivity contribution is 5.76. The van der Waals surface area contributed by atoms with Crippen LogP contribution in [0.15, 0.2) is 24.3 Å². The van der Waals surface area contributed by atoms with E-state index in [1.54, 1.807) is 4.68 Å². The Hall–Kier alpha value is -2.17. The minimum absolute atomic E-state index is 0.0127. The van der Waals surface area contributed by atoms with Crippen molar-refractivity contribution >= 4 is 5.91 Å². The second kappa shape index (κ2) is 8.46. The van der Waals surface area contributed by atoms with Crippen molar-refractivity contribution < 1.29 is 4.79 Å². The third-order valence-electron chi connectivity index (χ3n) is 3.81. The Kier molecular flexibility index (Phi) is 6.32. The maximum absolute atomic E-state index is 12.1. The van der Waals surface area contributed by atoms with Crippen LogP contribution in [-0.2, 0) is 11.3 Å². The van der Waals surface area contributed by atoms with Crippen molar-refractivity contribution in [3.63, 3.8) is 0 Å². The Morgan fingerprint density at radius 2 is 1.96 bits per heavy atom. The summed E-state index contributed by atoms with van der Waals surface area (Å²) in [7, 11) is 0. The lowest BCUT2D eigenvalue weighted by Gasteiger charge is -2.09. The summed E-state index contributed by atoms with van der Waals surface area (Å²) in [4.78, 5) is 16.6. The number of hydrogen-bond acceptors (Lipinski definition) is 3. The monoisotopic (exact) mass is 314 g/mol. The number of rotatable bonds is 8. The second-order valence-electron chi connectivity index (χ2n) is 5.87. The normalized spacial score (nSPS) is 10.7. The predicted octanol–water partition coefficient (Wildman–Crippen LogP) is 3.26. The quantitative estimate of drug-likeness (QED) is 0.761. The molecule has 23 heavy (non-hydrogen) atoms. The highest BCUT2D eigenvalue weighted by Gasteiger charge is 2.14. The average Bonchev–Trinajstić information content (AvgIpc) is 2.88. The van der Waals surface area contributed by atoms with Crippen LogP contribution in [0.3, 0.4) is 0 Å². The van der Waals surface area contributed by atoms with Crippen LogP contribution in [0.4, 0.5) is 0 Å². The molecule has 0 bridgehead atoms. The second-order valence-corrected chi connectivity index (χ2v) is 5.87. The maximum Gasteiger partial charge on any atom is 0.241 e. The molecular formula is C18H26N4O. The third kappa shape index (κ3) is 4.91. The van der Waals surface area contributed by atoms with E-state index in [-0.39, 0.29) is 12.5 Å². The van der Waals surface area contributed by atoms with Gasteiger partial charge in [0.25, 0.3) is 0 Å². The van der Waals surface area contributed by atoms with Gasteiger partial charge in [-0.1, -0.05) is 50.5 Å². The molecule has 0 saturated heterocycles. The fourth-order valence-electron chi connectivity index (χ4n) is 2.56. The van der Waals surface area contributed by atoms with Crippen molar-refractivity contribution in [3.8, 4) is 11.4 Å². The van der Waals surface area contributed by atoms with E-state index in [1.165, 1.54) is 12.8 Å². The van der Waals surface area contributed by atoms with E-state index in [1.807, 2.05) is 38.1 Å². The summed E-state index contributed by atoms with van der Waals surface area (Å²) in [6, 6.07) is 8.02. The van der Waals surface area contributed by atoms with Gasteiger partial charge in [-0.15, -0.1) is 0 Å². The molecule has 1 heterocycles. The van der Waals surface area contributed by atoms with Gasteiger partial charge >= 0.3 is 0 Å². The van der Waals surface area contributed by atoms with Crippen molar-refractivity contribution in [1.82, 2.24) is 20.1 Å². The van der Waals surface area contributed by atoms with Crippen molar-refractivity contribution in [1.29, 1.82) is 0 Å². The van der Waals surface area contributed by atoms with E-state index in [2.05, 4.69) is 22.3 Å². The Morgan fingerprint density at radius 3 is 2.70 bits per heavy atom. The molecule has 0 unspecified atom stereocenters. The largest absolute Gasteiger partial charge is 0.354 e. The average molecular weight is 314 g/mol. The molecule has 0 atom stereocenters. The van der Waals surface area contributed by atoms with Gasteiger partial charge in [-0.25, -0.2) is 9.67 Å². The Labute approximate surface area is 138 Å². The number of hydrogen-bond donors (Lipinski definition) is 1. The Bertz CT molecular complexity index is 648. The molecule has 0 fully saturated rings. The first-order valence-electron chi connectivity index (χ1n) is 8.36. The molecule has 0 aliphatic carbocycles. The van der Waals surface area contributed by atoms with Crippen molar-refractivity contribution in [2.45, 2.75) is 53.0 Å². The minimum atomic E-state index is -0.0127. The highest BCUT2D eigenvalue weighted by Crippen LogP contribution is 2.21. The van der Waals surface area contributed by atoms with Gasteiger partial charge in [-0.05, 0) is 25.8 Å². The molecule has 124 valence electrons. The number of carbonyl (C=O) groups excluding carboxylic acids is 1. The lowest BCUT2D eigenvalue weighted by atomic mass is 10.1. The number of aromatic nitrogens is 3. The van der Waals surface area contributed by atoms with Gasteiger partial charge in [0.15, 0.2) is 5.82 Å². The molecule has 5 heteroatoms. The zero-order valence-electron chi connectivity index (χ0n) is 14.3. The standard InChI is InChI=1S/C18H26N4O/c1-4-5-6-9-12-19-17(23)13-22-18(20-15(3)21-22)16-11-8-7-10-14(16)2/h7-8,10-11H,4-6,9,12-13H2,1-3H3,(H,19,23). The molecule has 5 nitrogen and oxygen atoms in total. The first-order valence-corrected chi connectivity index (χ1v) is 8.36. The molecule has 0 spiro atoms. The van der Waals surface area contributed by atoms with E-state index < -0.39 is 0 Å². The van der Waals surface area contributed by atoms with Gasteiger partial charge in [0.2, 0.25) is 5.91 Å². The molecule has 1 N–H and O–H groups in total. The summed E-state index contributed by atoms with van der Waals surface area (Å²) >= 11 is 0. The number of carbonyl (C=O) groups is 1. The predicted molar refractivity (Wildman–Crippen MR) is 92.1 cm³/mol. The molecule has 1 aromatic heterocycles. The fraction of sp³-hybridized carbons (Fsp3) is 0.500. The van der Waals surface area contributed by atoms with Crippen LogP contribution in [0.5, 0.6) is 0 Å². The van der Waals surface area contributed by atoms with Gasteiger partial charge in [-0.3, -0.25) is 4.79 Å². The summed E-state index contributed by atoms with van der Waals surface area (Å²) in [6.07, 6.45) is 4.61. The minimum Gasteiger partial charge on any atom is -0.354 e. The number of benzene rings is 1. The molecule has 0 radical (unpaired) electrons. The number of aryl methyl sites for hydroxylation is 2. The summed E-state index contributed by atoms with van der Waals surface area (Å²) in [5, 5.41) is 7.34. The van der Waals surface area contributed by atoms with Crippen LogP contribution in [0, 0.1) is 13.8 Å². The van der Waals surface area contributed by atoms with Crippen molar-refractivity contribution in [3.05, 3.63) is 35.7 Å². The van der Waals surface area contributed by atoms with Gasteiger partial charge < -0.3 is 5.32 Å². The van der Waals surface area contributed by atoms with Crippen LogP contribution in [0.1, 0.15) is 44.0 Å². The third-order valence-corrected chi connectivity index (χ3v) is 3.81. The first-order chi connectivity index (χ1) is 11.1. The number of nitrogens with one attached hydrogen (secondary N) is 1. The maximum atomic E-state index is 12.1. The molecule has 0 saturated carbocycles. The zero-order valence-corrected chi connectivity index (χ0v) is 14.3. The summed E-state index contributed by atoms with van der Waals surface area (Å²) in [5.41, 5.74) is 2.14. The van der Waals surface area contributed by atoms with Crippen LogP contribution < -0.4 is 5.32 Å². The van der Waals surface area contributed by atoms with Gasteiger partial charge in [-0.2, -0.15) is 5.10 Å². The lowest BCUT2D eigenvalue weighted by Crippen LogP contribution is -2.29. The van der Waals surface area contributed by atoms with E-state index in [0.717, 1.165) is 36.3 Å².